The SMILES string of the molecule is Cc1nonc1OC(C)CNCCNc1ccc([N+](=O)[O-])cc1.[Cl-]. The summed E-state index contributed by atoms with van der Waals surface area (Å²) in [7, 11) is 0. The molecule has 2 aromatic rings. The van der Waals surface area contributed by atoms with Gasteiger partial charge in [-0.25, -0.2) is 4.63 Å². The molecule has 0 amide bonds. The highest BCUT2D eigenvalue weighted by molar-refractivity contribution is 5.48. The Labute approximate surface area is 145 Å². The fourth-order valence-corrected chi connectivity index (χ4v) is 1.86. The smallest absolute Gasteiger partial charge is 0.279 e. The lowest BCUT2D eigenvalue weighted by Gasteiger charge is -2.13. The molecule has 0 aliphatic carbocycles. The number of aryl methyl sites for hydroxylation is 1. The van der Waals surface area contributed by atoms with Crippen molar-refractivity contribution < 1.29 is 26.7 Å². The first-order chi connectivity index (χ1) is 11.1. The zero-order valence-corrected chi connectivity index (χ0v) is 14.1. The molecule has 0 bridgehead atoms. The summed E-state index contributed by atoms with van der Waals surface area (Å²) in [6.45, 7) is 5.75. The van der Waals surface area contributed by atoms with E-state index in [2.05, 4.69) is 25.6 Å². The van der Waals surface area contributed by atoms with Crippen LogP contribution >= 0.6 is 0 Å². The molecule has 24 heavy (non-hydrogen) atoms. The number of nitro groups is 1. The van der Waals surface area contributed by atoms with Gasteiger partial charge in [-0.05, 0) is 31.1 Å². The average molecular weight is 357 g/mol. The summed E-state index contributed by atoms with van der Waals surface area (Å²) >= 11 is 0. The fourth-order valence-electron chi connectivity index (χ4n) is 1.86. The van der Waals surface area contributed by atoms with Gasteiger partial charge >= 0.3 is 0 Å². The van der Waals surface area contributed by atoms with Crippen molar-refractivity contribution in [2.45, 2.75) is 20.0 Å². The summed E-state index contributed by atoms with van der Waals surface area (Å²) in [6, 6.07) is 6.31. The largest absolute Gasteiger partial charge is 1.00 e. The summed E-state index contributed by atoms with van der Waals surface area (Å²) in [6.07, 6.45) is -0.0695. The number of nitro benzene ring substituents is 1. The third kappa shape index (κ3) is 6.01. The Bertz CT molecular complexity index is 634. The molecule has 0 saturated carbocycles. The number of nitrogens with one attached hydrogen (secondary N) is 2. The molecule has 1 atom stereocenters. The van der Waals surface area contributed by atoms with Gasteiger partial charge in [0.25, 0.3) is 11.6 Å². The molecule has 10 heteroatoms. The minimum Gasteiger partial charge on any atom is -1.00 e. The summed E-state index contributed by atoms with van der Waals surface area (Å²) in [5, 5.41) is 24.3. The fraction of sp³-hybridized carbons (Fsp3) is 0.429. The Hall–Kier alpha value is -2.39. The van der Waals surface area contributed by atoms with Gasteiger partial charge in [0, 0.05) is 37.5 Å². The van der Waals surface area contributed by atoms with Crippen LogP contribution in [0.3, 0.4) is 0 Å². The predicted molar refractivity (Wildman–Crippen MR) is 83.6 cm³/mol. The van der Waals surface area contributed by atoms with Crippen LogP contribution in [0.1, 0.15) is 12.6 Å². The van der Waals surface area contributed by atoms with Crippen molar-refractivity contribution in [3.8, 4) is 5.88 Å². The van der Waals surface area contributed by atoms with E-state index in [9.17, 15) is 10.1 Å². The van der Waals surface area contributed by atoms with E-state index in [-0.39, 0.29) is 24.2 Å². The van der Waals surface area contributed by atoms with Crippen LogP contribution in [0.15, 0.2) is 28.9 Å². The zero-order chi connectivity index (χ0) is 16.7. The van der Waals surface area contributed by atoms with Crippen LogP contribution < -0.4 is 27.8 Å². The van der Waals surface area contributed by atoms with Crippen molar-refractivity contribution in [1.82, 2.24) is 15.6 Å². The molecule has 132 valence electrons. The average Bonchev–Trinajstić information content (AvgIpc) is 2.92. The molecule has 0 aliphatic heterocycles. The lowest BCUT2D eigenvalue weighted by atomic mass is 10.3. The van der Waals surface area contributed by atoms with Crippen molar-refractivity contribution in [2.24, 2.45) is 0 Å². The van der Waals surface area contributed by atoms with E-state index in [1.165, 1.54) is 12.1 Å². The molecule has 0 spiro atoms. The van der Waals surface area contributed by atoms with Gasteiger partial charge in [0.1, 0.15) is 11.8 Å². The molecule has 0 saturated heterocycles. The van der Waals surface area contributed by atoms with Crippen molar-refractivity contribution in [3.05, 3.63) is 40.1 Å². The molecule has 1 heterocycles. The van der Waals surface area contributed by atoms with Gasteiger partial charge in [0.05, 0.1) is 4.92 Å². The van der Waals surface area contributed by atoms with Crippen LogP contribution in [0.5, 0.6) is 5.88 Å². The maximum absolute atomic E-state index is 10.6. The quantitative estimate of drug-likeness (QED) is 0.325. The number of ether oxygens (including phenoxy) is 1. The molecule has 1 aromatic carbocycles. The topological polar surface area (TPSA) is 115 Å². The number of anilines is 1. The van der Waals surface area contributed by atoms with Crippen LogP contribution in [0, 0.1) is 17.0 Å². The lowest BCUT2D eigenvalue weighted by molar-refractivity contribution is -0.384. The number of hydrogen-bond donors (Lipinski definition) is 2. The van der Waals surface area contributed by atoms with Crippen molar-refractivity contribution in [2.75, 3.05) is 25.0 Å². The molecule has 1 unspecified atom stereocenters. The summed E-state index contributed by atoms with van der Waals surface area (Å²) in [4.78, 5) is 10.1. The van der Waals surface area contributed by atoms with Gasteiger partial charge in [-0.3, -0.25) is 10.1 Å². The first-order valence-electron chi connectivity index (χ1n) is 7.21. The second-order valence-corrected chi connectivity index (χ2v) is 5.02. The molecule has 2 N–H and O–H groups in total. The normalized spacial score (nSPS) is 11.4. The van der Waals surface area contributed by atoms with Gasteiger partial charge in [0.2, 0.25) is 0 Å². The highest BCUT2D eigenvalue weighted by atomic mass is 35.5. The zero-order valence-electron chi connectivity index (χ0n) is 13.4. The second-order valence-electron chi connectivity index (χ2n) is 5.02. The standard InChI is InChI=1S/C14H19N5O4.ClH/c1-10(22-14-11(2)17-23-18-14)9-15-7-8-16-12-3-5-13(6-4-12)19(20)21;/h3-6,10,15-16H,7-9H2,1-2H3;1H/p-1. The second kappa shape index (κ2) is 9.68. The number of rotatable bonds is 9. The van der Waals surface area contributed by atoms with E-state index >= 15 is 0 Å². The molecular weight excluding hydrogens is 338 g/mol. The highest BCUT2D eigenvalue weighted by Gasteiger charge is 2.10. The van der Waals surface area contributed by atoms with E-state index in [0.29, 0.717) is 24.7 Å². The van der Waals surface area contributed by atoms with Crippen LogP contribution in [0.2, 0.25) is 0 Å². The minimum absolute atomic E-state index is 0. The third-order valence-corrected chi connectivity index (χ3v) is 3.06. The molecule has 0 fully saturated rings. The lowest BCUT2D eigenvalue weighted by Crippen LogP contribution is -3.00. The van der Waals surface area contributed by atoms with Gasteiger partial charge < -0.3 is 27.8 Å². The number of halogens is 1. The Kier molecular flexibility index (Phi) is 7.93. The third-order valence-electron chi connectivity index (χ3n) is 3.06. The maximum Gasteiger partial charge on any atom is 0.279 e. The molecule has 0 radical (unpaired) electrons. The number of aromatic nitrogens is 2. The minimum atomic E-state index is -0.418. The van der Waals surface area contributed by atoms with E-state index in [1.54, 1.807) is 19.1 Å². The summed E-state index contributed by atoms with van der Waals surface area (Å²) < 4.78 is 10.1. The van der Waals surface area contributed by atoms with Crippen LogP contribution in [-0.2, 0) is 0 Å². The molecule has 1 aromatic heterocycles. The van der Waals surface area contributed by atoms with Gasteiger partial charge in [-0.15, -0.1) is 0 Å². The molecular formula is C14H19ClN5O4-. The maximum atomic E-state index is 10.6. The first-order valence-corrected chi connectivity index (χ1v) is 7.21. The monoisotopic (exact) mass is 356 g/mol. The van der Waals surface area contributed by atoms with E-state index in [1.807, 2.05) is 6.92 Å². The first kappa shape index (κ1) is 19.7. The number of hydrogen-bond acceptors (Lipinski definition) is 8. The Balaban J connectivity index is 0.00000288. The number of non-ortho nitro benzene ring substituents is 1. The summed E-state index contributed by atoms with van der Waals surface area (Å²) in [5.74, 6) is 0.406. The van der Waals surface area contributed by atoms with Crippen molar-refractivity contribution >= 4 is 11.4 Å². The number of benzene rings is 1. The highest BCUT2D eigenvalue weighted by Crippen LogP contribution is 2.15. The van der Waals surface area contributed by atoms with Gasteiger partial charge in [0.15, 0.2) is 0 Å². The van der Waals surface area contributed by atoms with Crippen LogP contribution in [0.25, 0.3) is 0 Å². The molecule has 9 nitrogen and oxygen atoms in total. The van der Waals surface area contributed by atoms with Crippen molar-refractivity contribution in [3.63, 3.8) is 0 Å². The van der Waals surface area contributed by atoms with E-state index < -0.39 is 4.92 Å². The van der Waals surface area contributed by atoms with Crippen molar-refractivity contribution in [1.29, 1.82) is 0 Å². The van der Waals surface area contributed by atoms with Crippen LogP contribution in [0.4, 0.5) is 11.4 Å². The Morgan fingerprint density at radius 2 is 2.00 bits per heavy atom. The van der Waals surface area contributed by atoms with Crippen LogP contribution in [-0.4, -0.2) is 41.0 Å². The van der Waals surface area contributed by atoms with Gasteiger partial charge in [-0.1, -0.05) is 5.16 Å². The van der Waals surface area contributed by atoms with E-state index in [0.717, 1.165) is 12.2 Å². The summed E-state index contributed by atoms with van der Waals surface area (Å²) in [5.41, 5.74) is 1.54. The van der Waals surface area contributed by atoms with E-state index in [4.69, 9.17) is 4.74 Å². The predicted octanol–water partition coefficient (Wildman–Crippen LogP) is -1.24. The number of nitrogens with zero attached hydrogens (tertiary/aromatic N) is 3. The Morgan fingerprint density at radius 3 is 2.58 bits per heavy atom. The Morgan fingerprint density at radius 1 is 1.29 bits per heavy atom. The molecule has 0 aliphatic rings. The molecule has 2 rings (SSSR count). The van der Waals surface area contributed by atoms with Gasteiger partial charge in [-0.2, -0.15) is 0 Å².